The van der Waals surface area contributed by atoms with Crippen LogP contribution in [0.4, 0.5) is 5.69 Å². The van der Waals surface area contributed by atoms with Crippen LogP contribution in [0.3, 0.4) is 0 Å². The smallest absolute Gasteiger partial charge is 0.241 e. The molecule has 126 valence electrons. The van der Waals surface area contributed by atoms with E-state index in [1.54, 1.807) is 18.2 Å². The number of nitrogens with one attached hydrogen (secondary N) is 1. The molecule has 1 unspecified atom stereocenters. The number of carbonyl (C=O) groups excluding carboxylic acids is 1. The molecule has 0 saturated carbocycles. The quantitative estimate of drug-likeness (QED) is 0.886. The van der Waals surface area contributed by atoms with E-state index in [0.29, 0.717) is 35.4 Å². The Morgan fingerprint density at radius 1 is 1.25 bits per heavy atom. The van der Waals surface area contributed by atoms with Crippen molar-refractivity contribution in [2.45, 2.75) is 19.5 Å². The van der Waals surface area contributed by atoms with Crippen molar-refractivity contribution < 1.29 is 9.53 Å². The Kier molecular flexibility index (Phi) is 5.29. The molecular formula is C18H18Cl2N2O2. The Balaban J connectivity index is 1.72. The highest BCUT2D eigenvalue weighted by Gasteiger charge is 2.25. The van der Waals surface area contributed by atoms with Gasteiger partial charge in [-0.05, 0) is 31.2 Å². The fourth-order valence-electron chi connectivity index (χ4n) is 2.67. The molecule has 1 atom stereocenters. The van der Waals surface area contributed by atoms with Crippen molar-refractivity contribution in [1.82, 2.24) is 4.90 Å². The summed E-state index contributed by atoms with van der Waals surface area (Å²) in [4.78, 5) is 14.7. The number of amides is 1. The number of carbonyl (C=O) groups is 1. The Hall–Kier alpha value is -1.75. The van der Waals surface area contributed by atoms with Gasteiger partial charge in [-0.15, -0.1) is 0 Å². The van der Waals surface area contributed by atoms with Crippen LogP contribution in [0.25, 0.3) is 0 Å². The lowest BCUT2D eigenvalue weighted by Gasteiger charge is -2.26. The van der Waals surface area contributed by atoms with Gasteiger partial charge >= 0.3 is 0 Å². The molecule has 0 bridgehead atoms. The molecule has 0 radical (unpaired) electrons. The molecule has 4 nitrogen and oxygen atoms in total. The van der Waals surface area contributed by atoms with Gasteiger partial charge in [-0.25, -0.2) is 0 Å². The van der Waals surface area contributed by atoms with E-state index in [-0.39, 0.29) is 11.9 Å². The normalized spacial score (nSPS) is 15.8. The Labute approximate surface area is 151 Å². The third-order valence-corrected chi connectivity index (χ3v) is 4.66. The van der Waals surface area contributed by atoms with Gasteiger partial charge in [0.15, 0.2) is 0 Å². The molecule has 0 saturated heterocycles. The monoisotopic (exact) mass is 364 g/mol. The minimum atomic E-state index is -0.324. The summed E-state index contributed by atoms with van der Waals surface area (Å²) in [6.45, 7) is 3.76. The first-order valence-corrected chi connectivity index (χ1v) is 8.51. The SMILES string of the molecule is CC(C(=O)Nc1cc(Cl)ccc1Cl)N1CCOc2ccccc2C1. The number of hydrogen-bond donors (Lipinski definition) is 1. The zero-order chi connectivity index (χ0) is 17.1. The molecule has 6 heteroatoms. The van der Waals surface area contributed by atoms with Gasteiger partial charge in [0.2, 0.25) is 5.91 Å². The first kappa shape index (κ1) is 17.1. The van der Waals surface area contributed by atoms with Gasteiger partial charge in [0.1, 0.15) is 12.4 Å². The maximum Gasteiger partial charge on any atom is 0.241 e. The van der Waals surface area contributed by atoms with Gasteiger partial charge in [-0.1, -0.05) is 41.4 Å². The predicted octanol–water partition coefficient (Wildman–Crippen LogP) is 4.22. The van der Waals surface area contributed by atoms with Gasteiger partial charge in [-0.3, -0.25) is 9.69 Å². The highest BCUT2D eigenvalue weighted by atomic mass is 35.5. The maximum atomic E-state index is 12.6. The topological polar surface area (TPSA) is 41.6 Å². The van der Waals surface area contributed by atoms with Crippen LogP contribution in [0.1, 0.15) is 12.5 Å². The molecule has 2 aromatic rings. The van der Waals surface area contributed by atoms with Crippen molar-refractivity contribution in [1.29, 1.82) is 0 Å². The van der Waals surface area contributed by atoms with Crippen molar-refractivity contribution in [3.8, 4) is 5.75 Å². The minimum Gasteiger partial charge on any atom is -0.492 e. The van der Waals surface area contributed by atoms with E-state index in [1.165, 1.54) is 0 Å². The number of fused-ring (bicyclic) bond motifs is 1. The number of para-hydroxylation sites is 1. The third kappa shape index (κ3) is 3.83. The van der Waals surface area contributed by atoms with Crippen LogP contribution in [0.2, 0.25) is 10.0 Å². The number of anilines is 1. The molecular weight excluding hydrogens is 347 g/mol. The standard InChI is InChI=1S/C18H18Cl2N2O2/c1-12(18(23)21-16-10-14(19)6-7-15(16)20)22-8-9-24-17-5-3-2-4-13(17)11-22/h2-7,10,12H,8-9,11H2,1H3,(H,21,23). The molecule has 0 spiro atoms. The number of benzene rings is 2. The second kappa shape index (κ2) is 7.43. The van der Waals surface area contributed by atoms with Crippen LogP contribution in [0.5, 0.6) is 5.75 Å². The lowest BCUT2D eigenvalue weighted by Crippen LogP contribution is -2.42. The second-order valence-electron chi connectivity index (χ2n) is 5.72. The molecule has 1 aliphatic rings. The first-order valence-electron chi connectivity index (χ1n) is 7.75. The highest BCUT2D eigenvalue weighted by molar-refractivity contribution is 6.35. The molecule has 3 rings (SSSR count). The van der Waals surface area contributed by atoms with Crippen LogP contribution >= 0.6 is 23.2 Å². The molecule has 24 heavy (non-hydrogen) atoms. The zero-order valence-corrected chi connectivity index (χ0v) is 14.8. The van der Waals surface area contributed by atoms with Crippen LogP contribution in [-0.4, -0.2) is 30.0 Å². The van der Waals surface area contributed by atoms with Gasteiger partial charge < -0.3 is 10.1 Å². The van der Waals surface area contributed by atoms with Gasteiger partial charge in [0.05, 0.1) is 16.8 Å². The van der Waals surface area contributed by atoms with Crippen molar-refractivity contribution in [3.05, 3.63) is 58.1 Å². The van der Waals surface area contributed by atoms with Crippen molar-refractivity contribution in [3.63, 3.8) is 0 Å². The minimum absolute atomic E-state index is 0.126. The van der Waals surface area contributed by atoms with E-state index in [9.17, 15) is 4.79 Å². The fraction of sp³-hybridized carbons (Fsp3) is 0.278. The highest BCUT2D eigenvalue weighted by Crippen LogP contribution is 2.27. The summed E-state index contributed by atoms with van der Waals surface area (Å²) < 4.78 is 5.75. The second-order valence-corrected chi connectivity index (χ2v) is 6.56. The molecule has 1 amide bonds. The van der Waals surface area contributed by atoms with Gasteiger partial charge in [0, 0.05) is 23.7 Å². The maximum absolute atomic E-state index is 12.6. The van der Waals surface area contributed by atoms with E-state index >= 15 is 0 Å². The summed E-state index contributed by atoms with van der Waals surface area (Å²) in [6, 6.07) is 12.6. The van der Waals surface area contributed by atoms with Crippen LogP contribution in [0.15, 0.2) is 42.5 Å². The van der Waals surface area contributed by atoms with E-state index in [0.717, 1.165) is 11.3 Å². The summed E-state index contributed by atoms with van der Waals surface area (Å²) in [7, 11) is 0. The lowest BCUT2D eigenvalue weighted by molar-refractivity contribution is -0.121. The molecule has 0 aromatic heterocycles. The van der Waals surface area contributed by atoms with Gasteiger partial charge in [0.25, 0.3) is 0 Å². The molecule has 1 N–H and O–H groups in total. The molecule has 0 aliphatic carbocycles. The molecule has 0 fully saturated rings. The summed E-state index contributed by atoms with van der Waals surface area (Å²) in [6.07, 6.45) is 0. The van der Waals surface area contributed by atoms with Crippen molar-refractivity contribution >= 4 is 34.8 Å². The zero-order valence-electron chi connectivity index (χ0n) is 13.3. The van der Waals surface area contributed by atoms with E-state index in [2.05, 4.69) is 10.2 Å². The summed E-state index contributed by atoms with van der Waals surface area (Å²) in [5, 5.41) is 3.84. The molecule has 2 aromatic carbocycles. The number of halogens is 2. The number of ether oxygens (including phenoxy) is 1. The van der Waals surface area contributed by atoms with Crippen molar-refractivity contribution in [2.75, 3.05) is 18.5 Å². The fourth-order valence-corrected chi connectivity index (χ4v) is 3.01. The molecule has 1 heterocycles. The van der Waals surface area contributed by atoms with Crippen molar-refractivity contribution in [2.24, 2.45) is 0 Å². The van der Waals surface area contributed by atoms with Crippen LogP contribution in [-0.2, 0) is 11.3 Å². The van der Waals surface area contributed by atoms with Crippen LogP contribution < -0.4 is 10.1 Å². The predicted molar refractivity (Wildman–Crippen MR) is 96.9 cm³/mol. The van der Waals surface area contributed by atoms with Gasteiger partial charge in [-0.2, -0.15) is 0 Å². The number of hydrogen-bond acceptors (Lipinski definition) is 3. The molecule has 1 aliphatic heterocycles. The Morgan fingerprint density at radius 3 is 2.88 bits per heavy atom. The Bertz CT molecular complexity index is 752. The first-order chi connectivity index (χ1) is 11.5. The summed E-state index contributed by atoms with van der Waals surface area (Å²) in [5.41, 5.74) is 1.60. The average Bonchev–Trinajstić information content (AvgIpc) is 2.79. The third-order valence-electron chi connectivity index (χ3n) is 4.10. The summed E-state index contributed by atoms with van der Waals surface area (Å²) >= 11 is 12.1. The van der Waals surface area contributed by atoms with Crippen LogP contribution in [0, 0.1) is 0 Å². The lowest BCUT2D eigenvalue weighted by atomic mass is 10.1. The van der Waals surface area contributed by atoms with E-state index in [1.807, 2.05) is 31.2 Å². The average molecular weight is 365 g/mol. The van der Waals surface area contributed by atoms with E-state index < -0.39 is 0 Å². The summed E-state index contributed by atoms with van der Waals surface area (Å²) in [5.74, 6) is 0.754. The van der Waals surface area contributed by atoms with E-state index in [4.69, 9.17) is 27.9 Å². The Morgan fingerprint density at radius 2 is 2.04 bits per heavy atom. The number of rotatable bonds is 3. The number of nitrogens with zero attached hydrogens (tertiary/aromatic N) is 1. The largest absolute Gasteiger partial charge is 0.492 e.